The molecule has 0 spiro atoms. The van der Waals surface area contributed by atoms with Gasteiger partial charge in [0, 0.05) is 18.3 Å². The summed E-state index contributed by atoms with van der Waals surface area (Å²) in [6.45, 7) is 3.71. The van der Waals surface area contributed by atoms with E-state index < -0.39 is 0 Å². The van der Waals surface area contributed by atoms with Gasteiger partial charge in [0.25, 0.3) is 5.56 Å². The van der Waals surface area contributed by atoms with Gasteiger partial charge in [-0.25, -0.2) is 14.6 Å². The molecule has 0 unspecified atom stereocenters. The lowest BCUT2D eigenvalue weighted by molar-refractivity contribution is -0.113. The minimum Gasteiger partial charge on any atom is -0.319 e. The van der Waals surface area contributed by atoms with Gasteiger partial charge >= 0.3 is 0 Å². The highest BCUT2D eigenvalue weighted by Gasteiger charge is 2.18. The Balaban J connectivity index is 1.50. The Labute approximate surface area is 190 Å². The van der Waals surface area contributed by atoms with Crippen molar-refractivity contribution in [3.8, 4) is 16.9 Å². The molecule has 8 heteroatoms. The van der Waals surface area contributed by atoms with Crippen molar-refractivity contribution in [3.05, 3.63) is 88.5 Å². The predicted molar refractivity (Wildman–Crippen MR) is 127 cm³/mol. The van der Waals surface area contributed by atoms with Crippen LogP contribution in [0.25, 0.3) is 16.9 Å². The summed E-state index contributed by atoms with van der Waals surface area (Å²) in [6, 6.07) is 21.1. The van der Waals surface area contributed by atoms with Crippen LogP contribution in [0.1, 0.15) is 11.4 Å². The lowest BCUT2D eigenvalue weighted by Crippen LogP contribution is -2.23. The van der Waals surface area contributed by atoms with Gasteiger partial charge < -0.3 is 5.32 Å². The van der Waals surface area contributed by atoms with Crippen LogP contribution in [0.2, 0.25) is 0 Å². The highest BCUT2D eigenvalue weighted by atomic mass is 32.2. The van der Waals surface area contributed by atoms with E-state index in [2.05, 4.69) is 15.3 Å². The lowest BCUT2D eigenvalue weighted by atomic mass is 10.1. The molecule has 0 aliphatic rings. The van der Waals surface area contributed by atoms with Crippen molar-refractivity contribution in [2.45, 2.75) is 19.0 Å². The Hall–Kier alpha value is -3.65. The lowest BCUT2D eigenvalue weighted by Gasteiger charge is -2.07. The molecule has 0 fully saturated rings. The number of nitrogens with zero attached hydrogens (tertiary/aromatic N) is 4. The molecule has 1 N–H and O–H groups in total. The molecular formula is C24H23N5O2S. The van der Waals surface area contributed by atoms with E-state index in [-0.39, 0.29) is 22.9 Å². The first-order chi connectivity index (χ1) is 15.4. The van der Waals surface area contributed by atoms with Crippen LogP contribution in [0.15, 0.2) is 76.7 Å². The molecule has 0 saturated heterocycles. The Morgan fingerprint density at radius 1 is 1.00 bits per heavy atom. The van der Waals surface area contributed by atoms with Crippen LogP contribution in [0, 0.1) is 13.8 Å². The topological polar surface area (TPSA) is 81.8 Å². The van der Waals surface area contributed by atoms with E-state index in [1.165, 1.54) is 16.4 Å². The van der Waals surface area contributed by atoms with Crippen LogP contribution < -0.4 is 10.9 Å². The van der Waals surface area contributed by atoms with Crippen LogP contribution in [-0.2, 0) is 11.8 Å². The number of hydrogen-bond acceptors (Lipinski definition) is 5. The van der Waals surface area contributed by atoms with Crippen LogP contribution in [0.3, 0.4) is 0 Å². The van der Waals surface area contributed by atoms with Gasteiger partial charge in [-0.15, -0.1) is 0 Å². The zero-order chi connectivity index (χ0) is 22.7. The normalized spacial score (nSPS) is 10.8. The summed E-state index contributed by atoms with van der Waals surface area (Å²) in [7, 11) is 1.79. The van der Waals surface area contributed by atoms with Gasteiger partial charge in [0.15, 0.2) is 5.16 Å². The van der Waals surface area contributed by atoms with Gasteiger partial charge in [0.1, 0.15) is 5.69 Å². The van der Waals surface area contributed by atoms with Crippen molar-refractivity contribution >= 4 is 23.4 Å². The first kappa shape index (κ1) is 21.6. The molecule has 1 amide bonds. The largest absolute Gasteiger partial charge is 0.319 e. The highest BCUT2D eigenvalue weighted by molar-refractivity contribution is 7.99. The van der Waals surface area contributed by atoms with Crippen molar-refractivity contribution < 1.29 is 4.79 Å². The number of carbonyl (C=O) groups is 1. The predicted octanol–water partition coefficient (Wildman–Crippen LogP) is 3.98. The Morgan fingerprint density at radius 2 is 1.66 bits per heavy atom. The first-order valence-corrected chi connectivity index (χ1v) is 11.1. The molecule has 0 aliphatic heterocycles. The number of aromatic nitrogens is 4. The average molecular weight is 446 g/mol. The number of benzene rings is 2. The SMILES string of the molecule is Cc1cc(-c2ccccc2)nc(SCC(=O)Nc2c(C)n(C)n(-c3ccccc3)c2=O)n1. The minimum absolute atomic E-state index is 0.0940. The van der Waals surface area contributed by atoms with E-state index in [9.17, 15) is 9.59 Å². The Kier molecular flexibility index (Phi) is 6.23. The summed E-state index contributed by atoms with van der Waals surface area (Å²) in [4.78, 5) is 34.6. The maximum atomic E-state index is 13.0. The summed E-state index contributed by atoms with van der Waals surface area (Å²) < 4.78 is 3.27. The zero-order valence-corrected chi connectivity index (χ0v) is 18.9. The van der Waals surface area contributed by atoms with Crippen molar-refractivity contribution in [3.63, 3.8) is 0 Å². The molecule has 2 aromatic carbocycles. The van der Waals surface area contributed by atoms with Crippen molar-refractivity contribution in [1.82, 2.24) is 19.3 Å². The summed E-state index contributed by atoms with van der Waals surface area (Å²) in [5, 5.41) is 3.29. The fourth-order valence-corrected chi connectivity index (χ4v) is 4.08. The van der Waals surface area contributed by atoms with Crippen LogP contribution in [-0.4, -0.2) is 31.0 Å². The standard InChI is InChI=1S/C24H23N5O2S/c1-16-14-20(18-10-6-4-7-11-18)26-24(25-16)32-15-21(30)27-22-17(2)28(3)29(23(22)31)19-12-8-5-9-13-19/h4-14H,15H2,1-3H3,(H,27,30). The molecule has 4 aromatic rings. The van der Waals surface area contributed by atoms with Gasteiger partial charge in [-0.1, -0.05) is 60.3 Å². The Bertz CT molecular complexity index is 1310. The van der Waals surface area contributed by atoms with Crippen molar-refractivity contribution in [1.29, 1.82) is 0 Å². The average Bonchev–Trinajstić information content (AvgIpc) is 3.01. The number of thioether (sulfide) groups is 1. The third-order valence-corrected chi connectivity index (χ3v) is 5.90. The van der Waals surface area contributed by atoms with Crippen LogP contribution >= 0.6 is 11.8 Å². The third-order valence-electron chi connectivity index (χ3n) is 5.05. The van der Waals surface area contributed by atoms with Gasteiger partial charge in [-0.2, -0.15) is 0 Å². The maximum absolute atomic E-state index is 13.0. The van der Waals surface area contributed by atoms with Crippen molar-refractivity contribution in [2.24, 2.45) is 7.05 Å². The second-order valence-corrected chi connectivity index (χ2v) is 8.26. The quantitative estimate of drug-likeness (QED) is 0.359. The van der Waals surface area contributed by atoms with E-state index in [1.54, 1.807) is 18.7 Å². The van der Waals surface area contributed by atoms with Gasteiger partial charge in [0.05, 0.1) is 22.8 Å². The molecule has 0 radical (unpaired) electrons. The smallest absolute Gasteiger partial charge is 0.295 e. The molecule has 0 atom stereocenters. The van der Waals surface area contributed by atoms with Gasteiger partial charge in [0.2, 0.25) is 5.91 Å². The van der Waals surface area contributed by atoms with Gasteiger partial charge in [-0.3, -0.25) is 14.3 Å². The first-order valence-electron chi connectivity index (χ1n) is 10.1. The number of anilines is 1. The molecule has 0 saturated carbocycles. The fourth-order valence-electron chi connectivity index (χ4n) is 3.38. The number of rotatable bonds is 6. The van der Waals surface area contributed by atoms with Crippen LogP contribution in [0.5, 0.6) is 0 Å². The van der Waals surface area contributed by atoms with E-state index >= 15 is 0 Å². The van der Waals surface area contributed by atoms with Crippen LogP contribution in [0.4, 0.5) is 5.69 Å². The van der Waals surface area contributed by atoms with E-state index in [1.807, 2.05) is 73.7 Å². The maximum Gasteiger partial charge on any atom is 0.295 e. The molecular weight excluding hydrogens is 422 g/mol. The summed E-state index contributed by atoms with van der Waals surface area (Å²) in [5.41, 5.74) is 4.04. The highest BCUT2D eigenvalue weighted by Crippen LogP contribution is 2.22. The molecule has 4 rings (SSSR count). The fraction of sp³-hybridized carbons (Fsp3) is 0.167. The van der Waals surface area contributed by atoms with E-state index in [0.29, 0.717) is 10.9 Å². The van der Waals surface area contributed by atoms with Gasteiger partial charge in [-0.05, 0) is 32.0 Å². The van der Waals surface area contributed by atoms with E-state index in [0.717, 1.165) is 22.6 Å². The number of amides is 1. The molecule has 0 aliphatic carbocycles. The molecule has 2 heterocycles. The Morgan fingerprint density at radius 3 is 2.34 bits per heavy atom. The monoisotopic (exact) mass is 445 g/mol. The number of para-hydroxylation sites is 1. The number of hydrogen-bond donors (Lipinski definition) is 1. The summed E-state index contributed by atoms with van der Waals surface area (Å²) in [6.07, 6.45) is 0. The second-order valence-electron chi connectivity index (χ2n) is 7.32. The minimum atomic E-state index is -0.285. The second kappa shape index (κ2) is 9.23. The molecule has 0 bridgehead atoms. The number of aryl methyl sites for hydroxylation is 1. The van der Waals surface area contributed by atoms with E-state index in [4.69, 9.17) is 0 Å². The molecule has 7 nitrogen and oxygen atoms in total. The third kappa shape index (κ3) is 4.50. The number of nitrogens with one attached hydrogen (secondary N) is 1. The van der Waals surface area contributed by atoms with Crippen molar-refractivity contribution in [2.75, 3.05) is 11.1 Å². The molecule has 32 heavy (non-hydrogen) atoms. The molecule has 162 valence electrons. The number of carbonyl (C=O) groups excluding carboxylic acids is 1. The zero-order valence-electron chi connectivity index (χ0n) is 18.1. The summed E-state index contributed by atoms with van der Waals surface area (Å²) in [5.74, 6) is -0.191. The molecule has 2 aromatic heterocycles. The summed E-state index contributed by atoms with van der Waals surface area (Å²) >= 11 is 1.24.